The van der Waals surface area contributed by atoms with Crippen molar-refractivity contribution >= 4 is 22.5 Å². The topological polar surface area (TPSA) is 15.8 Å². The molecule has 0 bridgehead atoms. The zero-order valence-corrected chi connectivity index (χ0v) is 7.33. The van der Waals surface area contributed by atoms with Crippen LogP contribution in [-0.2, 0) is 5.88 Å². The van der Waals surface area contributed by atoms with Gasteiger partial charge in [0.2, 0.25) is 0 Å². The number of nitrogens with one attached hydrogen (secondary N) is 1. The molecule has 2 rings (SSSR count). The average molecular weight is 202 g/mol. The lowest BCUT2D eigenvalue weighted by molar-refractivity contribution is 0.515. The Morgan fingerprint density at radius 3 is 2.77 bits per heavy atom. The summed E-state index contributed by atoms with van der Waals surface area (Å²) in [6.45, 7) is 0. The smallest absolute Gasteiger partial charge is 0.182 e. The summed E-state index contributed by atoms with van der Waals surface area (Å²) < 4.78 is 25.8. The first-order chi connectivity index (χ1) is 6.24. The molecule has 1 N–H and O–H groups in total. The van der Waals surface area contributed by atoms with Crippen LogP contribution in [0.1, 0.15) is 5.56 Å². The van der Waals surface area contributed by atoms with Crippen LogP contribution in [0.3, 0.4) is 0 Å². The molecule has 0 aliphatic carbocycles. The summed E-state index contributed by atoms with van der Waals surface area (Å²) in [4.78, 5) is 2.65. The molecule has 0 aliphatic rings. The zero-order chi connectivity index (χ0) is 9.42. The molecule has 1 aromatic heterocycles. The van der Waals surface area contributed by atoms with E-state index in [1.54, 1.807) is 6.20 Å². The Morgan fingerprint density at radius 2 is 2.08 bits per heavy atom. The van der Waals surface area contributed by atoms with E-state index in [0.717, 1.165) is 11.6 Å². The van der Waals surface area contributed by atoms with Crippen molar-refractivity contribution in [2.45, 2.75) is 5.88 Å². The normalized spacial score (nSPS) is 11.0. The molecule has 0 radical (unpaired) electrons. The quantitative estimate of drug-likeness (QED) is 0.682. The van der Waals surface area contributed by atoms with E-state index in [-0.39, 0.29) is 11.4 Å². The molecule has 0 atom stereocenters. The summed E-state index contributed by atoms with van der Waals surface area (Å²) >= 11 is 5.60. The first kappa shape index (κ1) is 8.51. The fraction of sp³-hybridized carbons (Fsp3) is 0.111. The second-order valence-electron chi connectivity index (χ2n) is 2.73. The van der Waals surface area contributed by atoms with Crippen LogP contribution in [-0.4, -0.2) is 4.98 Å². The number of fused-ring (bicyclic) bond motifs is 1. The van der Waals surface area contributed by atoms with Gasteiger partial charge in [0.05, 0.1) is 5.52 Å². The van der Waals surface area contributed by atoms with E-state index in [9.17, 15) is 8.78 Å². The van der Waals surface area contributed by atoms with Crippen LogP contribution in [0.4, 0.5) is 8.78 Å². The van der Waals surface area contributed by atoms with Gasteiger partial charge in [-0.25, -0.2) is 8.78 Å². The standard InChI is InChI=1S/C9H6ClF2N/c10-3-5-4-13-9-6(5)1-2-7(11)8(9)12/h1-2,4,13H,3H2. The first-order valence-corrected chi connectivity index (χ1v) is 4.27. The second kappa shape index (κ2) is 3.00. The average Bonchev–Trinajstić information content (AvgIpc) is 2.55. The van der Waals surface area contributed by atoms with E-state index in [0.29, 0.717) is 5.39 Å². The minimum atomic E-state index is -0.853. The van der Waals surface area contributed by atoms with E-state index in [1.165, 1.54) is 6.07 Å². The molecular formula is C9H6ClF2N. The van der Waals surface area contributed by atoms with Crippen molar-refractivity contribution in [3.05, 3.63) is 35.5 Å². The molecule has 4 heteroatoms. The fourth-order valence-corrected chi connectivity index (χ4v) is 1.53. The minimum Gasteiger partial charge on any atom is -0.358 e. The number of hydrogen-bond donors (Lipinski definition) is 1. The minimum absolute atomic E-state index is 0.177. The summed E-state index contributed by atoms with van der Waals surface area (Å²) in [6, 6.07) is 2.61. The van der Waals surface area contributed by atoms with Gasteiger partial charge >= 0.3 is 0 Å². The van der Waals surface area contributed by atoms with E-state index in [4.69, 9.17) is 11.6 Å². The van der Waals surface area contributed by atoms with Crippen molar-refractivity contribution in [2.24, 2.45) is 0 Å². The Hall–Kier alpha value is -1.09. The Labute approximate surface area is 78.3 Å². The maximum atomic E-state index is 13.1. The van der Waals surface area contributed by atoms with Crippen LogP contribution in [0.25, 0.3) is 10.9 Å². The largest absolute Gasteiger partial charge is 0.358 e. The molecule has 1 heterocycles. The van der Waals surface area contributed by atoms with Gasteiger partial charge in [0.1, 0.15) is 0 Å². The molecule has 2 aromatic rings. The van der Waals surface area contributed by atoms with Crippen molar-refractivity contribution in [3.8, 4) is 0 Å². The van der Waals surface area contributed by atoms with Gasteiger partial charge in [-0.15, -0.1) is 11.6 Å². The number of hydrogen-bond acceptors (Lipinski definition) is 0. The van der Waals surface area contributed by atoms with Gasteiger partial charge in [-0.2, -0.15) is 0 Å². The van der Waals surface area contributed by atoms with E-state index in [2.05, 4.69) is 4.98 Å². The predicted octanol–water partition coefficient (Wildman–Crippen LogP) is 3.18. The highest BCUT2D eigenvalue weighted by atomic mass is 35.5. The molecule has 1 aromatic carbocycles. The monoisotopic (exact) mass is 201 g/mol. The first-order valence-electron chi connectivity index (χ1n) is 3.74. The Morgan fingerprint density at radius 1 is 1.31 bits per heavy atom. The van der Waals surface area contributed by atoms with Crippen LogP contribution in [0.2, 0.25) is 0 Å². The maximum absolute atomic E-state index is 13.1. The van der Waals surface area contributed by atoms with E-state index >= 15 is 0 Å². The number of halogens is 3. The highest BCUT2D eigenvalue weighted by Gasteiger charge is 2.10. The molecule has 1 nitrogen and oxygen atoms in total. The number of H-pyrrole nitrogens is 1. The van der Waals surface area contributed by atoms with Crippen LogP contribution in [0.15, 0.2) is 18.3 Å². The number of aromatic amines is 1. The fourth-order valence-electron chi connectivity index (χ4n) is 1.31. The number of rotatable bonds is 1. The third-order valence-corrected chi connectivity index (χ3v) is 2.26. The molecular weight excluding hydrogens is 196 g/mol. The van der Waals surface area contributed by atoms with Crippen molar-refractivity contribution in [1.82, 2.24) is 4.98 Å². The van der Waals surface area contributed by atoms with Gasteiger partial charge in [-0.3, -0.25) is 0 Å². The summed E-state index contributed by atoms with van der Waals surface area (Å²) in [6.07, 6.45) is 1.58. The van der Waals surface area contributed by atoms with Crippen molar-refractivity contribution in [1.29, 1.82) is 0 Å². The lowest BCUT2D eigenvalue weighted by Crippen LogP contribution is -1.84. The van der Waals surface area contributed by atoms with Gasteiger partial charge < -0.3 is 4.98 Å². The van der Waals surface area contributed by atoms with Gasteiger partial charge in [0.25, 0.3) is 0 Å². The van der Waals surface area contributed by atoms with Crippen LogP contribution < -0.4 is 0 Å². The predicted molar refractivity (Wildman–Crippen MR) is 47.8 cm³/mol. The summed E-state index contributed by atoms with van der Waals surface area (Å²) in [5, 5.41) is 0.633. The molecule has 13 heavy (non-hydrogen) atoms. The molecule has 68 valence electrons. The third-order valence-electron chi connectivity index (χ3n) is 1.98. The second-order valence-corrected chi connectivity index (χ2v) is 3.00. The Kier molecular flexibility index (Phi) is 1.96. The zero-order valence-electron chi connectivity index (χ0n) is 6.57. The molecule has 0 unspecified atom stereocenters. The lowest BCUT2D eigenvalue weighted by Gasteiger charge is -1.95. The maximum Gasteiger partial charge on any atom is 0.182 e. The van der Waals surface area contributed by atoms with E-state index < -0.39 is 11.6 Å². The summed E-state index contributed by atoms with van der Waals surface area (Å²) in [5.41, 5.74) is 0.950. The molecule has 0 saturated carbocycles. The molecule has 0 aliphatic heterocycles. The SMILES string of the molecule is Fc1ccc2c(CCl)c[nH]c2c1F. The molecule has 0 saturated heterocycles. The van der Waals surface area contributed by atoms with Crippen LogP contribution in [0, 0.1) is 11.6 Å². The van der Waals surface area contributed by atoms with Crippen LogP contribution >= 0.6 is 11.6 Å². The van der Waals surface area contributed by atoms with Gasteiger partial charge in [0.15, 0.2) is 11.6 Å². The third kappa shape index (κ3) is 1.20. The molecule has 0 amide bonds. The van der Waals surface area contributed by atoms with Gasteiger partial charge in [0, 0.05) is 17.5 Å². The van der Waals surface area contributed by atoms with E-state index in [1.807, 2.05) is 0 Å². The highest BCUT2D eigenvalue weighted by molar-refractivity contribution is 6.18. The number of benzene rings is 1. The van der Waals surface area contributed by atoms with Crippen molar-refractivity contribution in [3.63, 3.8) is 0 Å². The number of alkyl halides is 1. The Bertz CT molecular complexity index is 450. The van der Waals surface area contributed by atoms with Crippen molar-refractivity contribution < 1.29 is 8.78 Å². The summed E-state index contributed by atoms with van der Waals surface area (Å²) in [5.74, 6) is -1.42. The molecule has 0 spiro atoms. The highest BCUT2D eigenvalue weighted by Crippen LogP contribution is 2.23. The number of aromatic nitrogens is 1. The lowest BCUT2D eigenvalue weighted by atomic mass is 10.2. The molecule has 0 fully saturated rings. The van der Waals surface area contributed by atoms with Gasteiger partial charge in [-0.05, 0) is 17.7 Å². The Balaban J connectivity index is 2.81. The van der Waals surface area contributed by atoms with Crippen molar-refractivity contribution in [2.75, 3.05) is 0 Å². The van der Waals surface area contributed by atoms with Crippen LogP contribution in [0.5, 0.6) is 0 Å². The van der Waals surface area contributed by atoms with Gasteiger partial charge in [-0.1, -0.05) is 0 Å². The summed E-state index contributed by atoms with van der Waals surface area (Å²) in [7, 11) is 0.